The summed E-state index contributed by atoms with van der Waals surface area (Å²) < 4.78 is 0. The Morgan fingerprint density at radius 3 is 2.26 bits per heavy atom. The molecule has 1 rings (SSSR count). The molecule has 1 aromatic carbocycles. The summed E-state index contributed by atoms with van der Waals surface area (Å²) in [5, 5.41) is 2.72. The highest BCUT2D eigenvalue weighted by Gasteiger charge is 2.20. The number of rotatable bonds is 6. The maximum atomic E-state index is 12.0. The van der Waals surface area contributed by atoms with Crippen LogP contribution in [0.25, 0.3) is 0 Å². The molecule has 0 radical (unpaired) electrons. The quantitative estimate of drug-likeness (QED) is 0.686. The van der Waals surface area contributed by atoms with Crippen molar-refractivity contribution in [3.8, 4) is 0 Å². The molecule has 6 heteroatoms. The van der Waals surface area contributed by atoms with Crippen LogP contribution in [-0.2, 0) is 4.79 Å². The molecular formula is C13H17N3O2S. The lowest BCUT2D eigenvalue weighted by atomic mass is 10.0. The van der Waals surface area contributed by atoms with Gasteiger partial charge in [0.15, 0.2) is 0 Å². The second kappa shape index (κ2) is 6.84. The highest BCUT2D eigenvalue weighted by molar-refractivity contribution is 7.80. The molecule has 0 saturated heterocycles. The van der Waals surface area contributed by atoms with Gasteiger partial charge in [0, 0.05) is 11.3 Å². The van der Waals surface area contributed by atoms with E-state index < -0.39 is 11.8 Å². The van der Waals surface area contributed by atoms with Crippen molar-refractivity contribution in [1.29, 1.82) is 0 Å². The Balaban J connectivity index is 2.75. The molecule has 2 amide bonds. The number of carbonyl (C=O) groups is 2. The number of thiocarbonyl (C=S) groups is 1. The van der Waals surface area contributed by atoms with Crippen LogP contribution in [0.4, 0.5) is 5.69 Å². The fourth-order valence-corrected chi connectivity index (χ4v) is 1.86. The maximum absolute atomic E-state index is 12.0. The molecule has 0 aliphatic heterocycles. The zero-order valence-corrected chi connectivity index (χ0v) is 11.5. The minimum Gasteiger partial charge on any atom is -0.393 e. The van der Waals surface area contributed by atoms with Gasteiger partial charge < -0.3 is 16.8 Å². The van der Waals surface area contributed by atoms with Crippen LogP contribution in [-0.4, -0.2) is 16.8 Å². The minimum atomic E-state index is -0.509. The number of carbonyl (C=O) groups excluding carboxylic acids is 2. The third-order valence-electron chi connectivity index (χ3n) is 2.67. The van der Waals surface area contributed by atoms with E-state index in [9.17, 15) is 9.59 Å². The normalized spacial score (nSPS) is 11.6. The largest absolute Gasteiger partial charge is 0.393 e. The smallest absolute Gasteiger partial charge is 0.248 e. The summed E-state index contributed by atoms with van der Waals surface area (Å²) in [4.78, 5) is 23.1. The molecule has 0 saturated carbocycles. The molecule has 5 N–H and O–H groups in total. The van der Waals surface area contributed by atoms with E-state index in [1.54, 1.807) is 24.3 Å². The standard InChI is InChI=1S/C13H17N3O2S/c1-2-3-10(12(15)19)13(18)16-9-6-4-8(5-7-9)11(14)17/h4-7,10H,2-3H2,1H3,(H2,14,17)(H2,15,19)(H,16,18). The molecule has 0 aliphatic carbocycles. The lowest BCUT2D eigenvalue weighted by molar-refractivity contribution is -0.118. The SMILES string of the molecule is CCCC(C(=O)Nc1ccc(C(N)=O)cc1)C(N)=S. The topological polar surface area (TPSA) is 98.2 Å². The second-order valence-corrected chi connectivity index (χ2v) is 4.65. The minimum absolute atomic E-state index is 0.188. The fraction of sp³-hybridized carbons (Fsp3) is 0.308. The van der Waals surface area contributed by atoms with Crippen LogP contribution >= 0.6 is 12.2 Å². The van der Waals surface area contributed by atoms with Crippen LogP contribution in [0.2, 0.25) is 0 Å². The van der Waals surface area contributed by atoms with Crippen LogP contribution in [0.1, 0.15) is 30.1 Å². The van der Waals surface area contributed by atoms with E-state index >= 15 is 0 Å². The predicted molar refractivity (Wildman–Crippen MR) is 78.8 cm³/mol. The molecule has 0 aliphatic rings. The third-order valence-corrected chi connectivity index (χ3v) is 2.96. The molecule has 0 heterocycles. The van der Waals surface area contributed by atoms with Crippen LogP contribution < -0.4 is 16.8 Å². The van der Waals surface area contributed by atoms with E-state index in [0.717, 1.165) is 6.42 Å². The van der Waals surface area contributed by atoms with Crippen molar-refractivity contribution in [3.05, 3.63) is 29.8 Å². The van der Waals surface area contributed by atoms with Crippen LogP contribution in [0.5, 0.6) is 0 Å². The molecule has 0 aromatic heterocycles. The summed E-state index contributed by atoms with van der Waals surface area (Å²) in [6, 6.07) is 6.32. The molecule has 1 aromatic rings. The first-order valence-corrected chi connectivity index (χ1v) is 6.36. The van der Waals surface area contributed by atoms with E-state index in [4.69, 9.17) is 23.7 Å². The van der Waals surface area contributed by atoms with Gasteiger partial charge in [-0.15, -0.1) is 0 Å². The maximum Gasteiger partial charge on any atom is 0.248 e. The second-order valence-electron chi connectivity index (χ2n) is 4.17. The summed E-state index contributed by atoms with van der Waals surface area (Å²) >= 11 is 4.89. The lowest BCUT2D eigenvalue weighted by Gasteiger charge is -2.14. The Hall–Kier alpha value is -1.95. The zero-order chi connectivity index (χ0) is 14.4. The monoisotopic (exact) mass is 279 g/mol. The molecule has 0 spiro atoms. The summed E-state index contributed by atoms with van der Waals surface area (Å²) in [6.45, 7) is 1.96. The van der Waals surface area contributed by atoms with Gasteiger partial charge in [0.2, 0.25) is 11.8 Å². The molecule has 0 bridgehead atoms. The summed E-state index contributed by atoms with van der Waals surface area (Å²) in [7, 11) is 0. The van der Waals surface area contributed by atoms with Gasteiger partial charge in [-0.2, -0.15) is 0 Å². The number of anilines is 1. The van der Waals surface area contributed by atoms with Crippen molar-refractivity contribution < 1.29 is 9.59 Å². The average molecular weight is 279 g/mol. The molecule has 0 fully saturated rings. The first-order valence-electron chi connectivity index (χ1n) is 5.95. The van der Waals surface area contributed by atoms with Gasteiger partial charge in [0.05, 0.1) is 10.9 Å². The number of nitrogens with one attached hydrogen (secondary N) is 1. The van der Waals surface area contributed by atoms with Gasteiger partial charge in [-0.3, -0.25) is 9.59 Å². The first-order chi connectivity index (χ1) is 8.95. The highest BCUT2D eigenvalue weighted by Crippen LogP contribution is 2.13. The number of amides is 2. The number of benzene rings is 1. The first kappa shape index (κ1) is 15.1. The van der Waals surface area contributed by atoms with Gasteiger partial charge in [-0.1, -0.05) is 25.6 Å². The van der Waals surface area contributed by atoms with E-state index in [-0.39, 0.29) is 10.9 Å². The van der Waals surface area contributed by atoms with E-state index in [1.807, 2.05) is 6.92 Å². The van der Waals surface area contributed by atoms with Gasteiger partial charge in [-0.25, -0.2) is 0 Å². The van der Waals surface area contributed by atoms with Crippen molar-refractivity contribution in [2.75, 3.05) is 5.32 Å². The molecule has 5 nitrogen and oxygen atoms in total. The number of hydrogen-bond donors (Lipinski definition) is 3. The zero-order valence-electron chi connectivity index (χ0n) is 10.7. The van der Waals surface area contributed by atoms with Crippen molar-refractivity contribution in [3.63, 3.8) is 0 Å². The molecule has 1 atom stereocenters. The summed E-state index contributed by atoms with van der Waals surface area (Å²) in [6.07, 6.45) is 1.43. The Morgan fingerprint density at radius 1 is 1.26 bits per heavy atom. The van der Waals surface area contributed by atoms with Gasteiger partial charge in [-0.05, 0) is 30.7 Å². The van der Waals surface area contributed by atoms with Gasteiger partial charge >= 0.3 is 0 Å². The third kappa shape index (κ3) is 4.33. The van der Waals surface area contributed by atoms with E-state index in [2.05, 4.69) is 5.32 Å². The number of primary amides is 1. The Bertz CT molecular complexity index is 485. The van der Waals surface area contributed by atoms with E-state index in [0.29, 0.717) is 17.7 Å². The average Bonchev–Trinajstić information content (AvgIpc) is 2.36. The lowest BCUT2D eigenvalue weighted by Crippen LogP contribution is -2.33. The number of nitrogens with two attached hydrogens (primary N) is 2. The molecular weight excluding hydrogens is 262 g/mol. The summed E-state index contributed by atoms with van der Waals surface area (Å²) in [5.74, 6) is -1.22. The predicted octanol–water partition coefficient (Wildman–Crippen LogP) is 1.43. The molecule has 1 unspecified atom stereocenters. The van der Waals surface area contributed by atoms with Crippen molar-refractivity contribution in [2.45, 2.75) is 19.8 Å². The highest BCUT2D eigenvalue weighted by atomic mass is 32.1. The fourth-order valence-electron chi connectivity index (χ4n) is 1.64. The molecule has 102 valence electrons. The van der Waals surface area contributed by atoms with Crippen molar-refractivity contribution in [1.82, 2.24) is 0 Å². The van der Waals surface area contributed by atoms with Crippen molar-refractivity contribution in [2.24, 2.45) is 17.4 Å². The Labute approximate surface area is 117 Å². The Kier molecular flexibility index (Phi) is 5.44. The van der Waals surface area contributed by atoms with Crippen LogP contribution in [0, 0.1) is 5.92 Å². The molecule has 19 heavy (non-hydrogen) atoms. The number of hydrogen-bond acceptors (Lipinski definition) is 3. The Morgan fingerprint density at radius 2 is 1.84 bits per heavy atom. The van der Waals surface area contributed by atoms with E-state index in [1.165, 1.54) is 0 Å². The van der Waals surface area contributed by atoms with Gasteiger partial charge in [0.25, 0.3) is 0 Å². The van der Waals surface area contributed by atoms with Gasteiger partial charge in [0.1, 0.15) is 0 Å². The van der Waals surface area contributed by atoms with Crippen LogP contribution in [0.3, 0.4) is 0 Å². The van der Waals surface area contributed by atoms with Crippen molar-refractivity contribution >= 4 is 34.7 Å². The van der Waals surface area contributed by atoms with Crippen LogP contribution in [0.15, 0.2) is 24.3 Å². The summed E-state index contributed by atoms with van der Waals surface area (Å²) in [5.41, 5.74) is 11.6.